The van der Waals surface area contributed by atoms with E-state index in [0.717, 1.165) is 16.9 Å². The van der Waals surface area contributed by atoms with Crippen LogP contribution in [0.3, 0.4) is 0 Å². The number of hydrogen-bond donors (Lipinski definition) is 1. The van der Waals surface area contributed by atoms with Crippen LogP contribution in [0.4, 0.5) is 0 Å². The number of thioether (sulfide) groups is 1. The SMILES string of the molecule is COc1cccc(OCCOc2ccc(C=C3C(=N)N4N=C(c5cccnc5)SC4=NC3=O)cc2)c1. The third-order valence-corrected chi connectivity index (χ3v) is 6.17. The second-order valence-electron chi connectivity index (χ2n) is 7.61. The summed E-state index contributed by atoms with van der Waals surface area (Å²) in [4.78, 5) is 20.9. The number of rotatable bonds is 8. The summed E-state index contributed by atoms with van der Waals surface area (Å²) in [6.45, 7) is 0.739. The maximum Gasteiger partial charge on any atom is 0.283 e. The Kier molecular flexibility index (Phi) is 6.76. The normalized spacial score (nSPS) is 15.9. The molecule has 1 amide bonds. The number of fused-ring (bicyclic) bond motifs is 1. The summed E-state index contributed by atoms with van der Waals surface area (Å²) in [7, 11) is 1.61. The zero-order valence-electron chi connectivity index (χ0n) is 19.2. The second kappa shape index (κ2) is 10.4. The molecule has 2 aromatic carbocycles. The molecular weight excluding hydrogens is 478 g/mol. The number of aromatic nitrogens is 1. The predicted molar refractivity (Wildman–Crippen MR) is 139 cm³/mol. The lowest BCUT2D eigenvalue weighted by molar-refractivity contribution is -0.114. The lowest BCUT2D eigenvalue weighted by atomic mass is 10.1. The molecule has 0 bridgehead atoms. The van der Waals surface area contributed by atoms with E-state index >= 15 is 0 Å². The van der Waals surface area contributed by atoms with E-state index in [9.17, 15) is 4.79 Å². The van der Waals surface area contributed by atoms with Gasteiger partial charge in [0.25, 0.3) is 5.91 Å². The highest BCUT2D eigenvalue weighted by atomic mass is 32.2. The van der Waals surface area contributed by atoms with Crippen molar-refractivity contribution in [3.8, 4) is 17.2 Å². The summed E-state index contributed by atoms with van der Waals surface area (Å²) in [5, 5.41) is 15.4. The molecular formula is C26H21N5O4S. The number of hydrazone groups is 1. The summed E-state index contributed by atoms with van der Waals surface area (Å²) < 4.78 is 16.6. The van der Waals surface area contributed by atoms with Gasteiger partial charge in [0.05, 0.1) is 12.7 Å². The van der Waals surface area contributed by atoms with Gasteiger partial charge < -0.3 is 14.2 Å². The molecule has 3 aromatic rings. The van der Waals surface area contributed by atoms with E-state index in [4.69, 9.17) is 19.6 Å². The van der Waals surface area contributed by atoms with Gasteiger partial charge in [-0.05, 0) is 59.8 Å². The Morgan fingerprint density at radius 2 is 1.78 bits per heavy atom. The maximum absolute atomic E-state index is 12.6. The summed E-state index contributed by atoms with van der Waals surface area (Å²) >= 11 is 1.24. The van der Waals surface area contributed by atoms with Crippen LogP contribution in [-0.4, -0.2) is 52.3 Å². The van der Waals surface area contributed by atoms with Gasteiger partial charge in [0.2, 0.25) is 5.17 Å². The Morgan fingerprint density at radius 3 is 2.53 bits per heavy atom. The number of carbonyl (C=O) groups excluding carboxylic acids is 1. The Morgan fingerprint density at radius 1 is 1.00 bits per heavy atom. The Hall–Kier alpha value is -4.44. The first kappa shape index (κ1) is 23.3. The van der Waals surface area contributed by atoms with Crippen LogP contribution in [0, 0.1) is 5.41 Å². The summed E-state index contributed by atoms with van der Waals surface area (Å²) in [5.41, 5.74) is 1.70. The fourth-order valence-electron chi connectivity index (χ4n) is 3.43. The molecule has 5 rings (SSSR count). The largest absolute Gasteiger partial charge is 0.497 e. The molecule has 0 saturated carbocycles. The van der Waals surface area contributed by atoms with Gasteiger partial charge in [-0.15, -0.1) is 0 Å². The number of hydrogen-bond acceptors (Lipinski definition) is 8. The molecule has 9 nitrogen and oxygen atoms in total. The van der Waals surface area contributed by atoms with Crippen LogP contribution in [0.1, 0.15) is 11.1 Å². The highest BCUT2D eigenvalue weighted by molar-refractivity contribution is 8.27. The Bertz CT molecular complexity index is 1390. The first-order valence-corrected chi connectivity index (χ1v) is 11.8. The number of benzene rings is 2. The van der Waals surface area contributed by atoms with Crippen molar-refractivity contribution < 1.29 is 19.0 Å². The van der Waals surface area contributed by atoms with Gasteiger partial charge >= 0.3 is 0 Å². The first-order chi connectivity index (χ1) is 17.6. The van der Waals surface area contributed by atoms with Crippen molar-refractivity contribution in [2.75, 3.05) is 20.3 Å². The van der Waals surface area contributed by atoms with Gasteiger partial charge in [0, 0.05) is 24.0 Å². The molecule has 0 atom stereocenters. The van der Waals surface area contributed by atoms with Crippen LogP contribution < -0.4 is 14.2 Å². The predicted octanol–water partition coefficient (Wildman–Crippen LogP) is 4.22. The fourth-order valence-corrected chi connectivity index (χ4v) is 4.32. The van der Waals surface area contributed by atoms with Crippen LogP contribution in [0.15, 0.2) is 88.7 Å². The third kappa shape index (κ3) is 5.13. The quantitative estimate of drug-likeness (QED) is 0.365. The summed E-state index contributed by atoms with van der Waals surface area (Å²) in [6.07, 6.45) is 4.98. The number of amides is 1. The smallest absolute Gasteiger partial charge is 0.283 e. The standard InChI is InChI=1S/C26H21N5O4S/c1-33-20-5-2-6-21(15-20)35-13-12-34-19-9-7-17(8-10-19)14-22-23(27)31-26(29-24(22)32)36-25(30-31)18-4-3-11-28-16-18/h2-11,14-16,27H,12-13H2,1H3. The van der Waals surface area contributed by atoms with Crippen molar-refractivity contribution in [2.24, 2.45) is 10.1 Å². The van der Waals surface area contributed by atoms with Gasteiger partial charge in [0.15, 0.2) is 5.84 Å². The molecule has 1 N–H and O–H groups in total. The average Bonchev–Trinajstić information content (AvgIpc) is 3.35. The lowest BCUT2D eigenvalue weighted by Crippen LogP contribution is -2.35. The molecule has 0 aliphatic carbocycles. The number of amidine groups is 2. The summed E-state index contributed by atoms with van der Waals surface area (Å²) in [5.74, 6) is 1.61. The number of nitrogens with zero attached hydrogens (tertiary/aromatic N) is 4. The molecule has 0 unspecified atom stereocenters. The van der Waals surface area contributed by atoms with Crippen molar-refractivity contribution in [2.45, 2.75) is 0 Å². The molecule has 10 heteroatoms. The first-order valence-electron chi connectivity index (χ1n) is 11.0. The third-order valence-electron chi connectivity index (χ3n) is 5.22. The zero-order chi connectivity index (χ0) is 24.9. The minimum Gasteiger partial charge on any atom is -0.497 e. The van der Waals surface area contributed by atoms with E-state index in [0.29, 0.717) is 34.9 Å². The minimum atomic E-state index is -0.476. The number of methoxy groups -OCH3 is 1. The topological polar surface area (TPSA) is 109 Å². The number of aliphatic imine (C=N–C) groups is 1. The molecule has 36 heavy (non-hydrogen) atoms. The van der Waals surface area contributed by atoms with Crippen molar-refractivity contribution in [3.63, 3.8) is 0 Å². The van der Waals surface area contributed by atoms with E-state index in [1.165, 1.54) is 16.8 Å². The molecule has 0 fully saturated rings. The van der Waals surface area contributed by atoms with Gasteiger partial charge in [0.1, 0.15) is 35.5 Å². The second-order valence-corrected chi connectivity index (χ2v) is 8.57. The van der Waals surface area contributed by atoms with Crippen LogP contribution in [0.25, 0.3) is 6.08 Å². The van der Waals surface area contributed by atoms with E-state index < -0.39 is 5.91 Å². The molecule has 0 saturated heterocycles. The van der Waals surface area contributed by atoms with Crippen molar-refractivity contribution in [3.05, 3.63) is 89.8 Å². The van der Waals surface area contributed by atoms with E-state index in [1.54, 1.807) is 43.8 Å². The fraction of sp³-hybridized carbons (Fsp3) is 0.115. The van der Waals surface area contributed by atoms with Gasteiger partial charge in [-0.25, -0.2) is 0 Å². The van der Waals surface area contributed by atoms with Crippen LogP contribution in [0.5, 0.6) is 17.2 Å². The summed E-state index contributed by atoms with van der Waals surface area (Å²) in [6, 6.07) is 18.3. The number of pyridine rings is 1. The van der Waals surface area contributed by atoms with Crippen LogP contribution in [-0.2, 0) is 4.79 Å². The molecule has 3 heterocycles. The van der Waals surface area contributed by atoms with E-state index in [-0.39, 0.29) is 11.4 Å². The number of carbonyl (C=O) groups is 1. The zero-order valence-corrected chi connectivity index (χ0v) is 20.1. The van der Waals surface area contributed by atoms with Gasteiger partial charge in [-0.2, -0.15) is 15.1 Å². The number of nitrogens with one attached hydrogen (secondary N) is 1. The van der Waals surface area contributed by atoms with E-state index in [2.05, 4.69) is 15.1 Å². The highest BCUT2D eigenvalue weighted by Gasteiger charge is 2.36. The lowest BCUT2D eigenvalue weighted by Gasteiger charge is -2.20. The highest BCUT2D eigenvalue weighted by Crippen LogP contribution is 2.30. The van der Waals surface area contributed by atoms with E-state index in [1.807, 2.05) is 42.5 Å². The van der Waals surface area contributed by atoms with Gasteiger partial charge in [-0.3, -0.25) is 15.2 Å². The Labute approximate surface area is 211 Å². The molecule has 180 valence electrons. The van der Waals surface area contributed by atoms with Crippen molar-refractivity contribution >= 4 is 39.8 Å². The molecule has 2 aliphatic rings. The Balaban J connectivity index is 1.21. The monoisotopic (exact) mass is 499 g/mol. The van der Waals surface area contributed by atoms with Crippen LogP contribution >= 0.6 is 11.8 Å². The van der Waals surface area contributed by atoms with Crippen LogP contribution in [0.2, 0.25) is 0 Å². The molecule has 0 spiro atoms. The maximum atomic E-state index is 12.6. The number of ether oxygens (including phenoxy) is 3. The van der Waals surface area contributed by atoms with Crippen molar-refractivity contribution in [1.82, 2.24) is 9.99 Å². The van der Waals surface area contributed by atoms with Gasteiger partial charge in [-0.1, -0.05) is 18.2 Å². The minimum absolute atomic E-state index is 0.0218. The molecule has 0 radical (unpaired) electrons. The molecule has 2 aliphatic heterocycles. The molecule has 1 aromatic heterocycles. The van der Waals surface area contributed by atoms with Crippen molar-refractivity contribution in [1.29, 1.82) is 5.41 Å². The average molecular weight is 500 g/mol.